The van der Waals surface area contributed by atoms with E-state index in [2.05, 4.69) is 5.32 Å². The fourth-order valence-corrected chi connectivity index (χ4v) is 1.01. The van der Waals surface area contributed by atoms with Gasteiger partial charge in [0.25, 0.3) is 0 Å². The second-order valence-electron chi connectivity index (χ2n) is 3.41. The molecule has 12 heavy (non-hydrogen) atoms. The lowest BCUT2D eigenvalue weighted by atomic mass is 10.2. The van der Waals surface area contributed by atoms with Gasteiger partial charge in [-0.05, 0) is 32.2 Å². The van der Waals surface area contributed by atoms with Gasteiger partial charge in [0, 0.05) is 6.54 Å². The molecule has 0 saturated heterocycles. The number of nitrogens with two attached hydrogens (primary N) is 2. The molecule has 0 heterocycles. The minimum Gasteiger partial charge on any atom is -0.355 e. The maximum absolute atomic E-state index is 11.2. The van der Waals surface area contributed by atoms with Gasteiger partial charge < -0.3 is 16.8 Å². The molecule has 1 aliphatic carbocycles. The Labute approximate surface area is 72.7 Å². The predicted octanol–water partition coefficient (Wildman–Crippen LogP) is -0.667. The molecule has 4 nitrogen and oxygen atoms in total. The summed E-state index contributed by atoms with van der Waals surface area (Å²) in [4.78, 5) is 11.2. The highest BCUT2D eigenvalue weighted by molar-refractivity contribution is 5.88. The lowest BCUT2D eigenvalue weighted by molar-refractivity contribution is -0.123. The zero-order valence-corrected chi connectivity index (χ0v) is 7.31. The summed E-state index contributed by atoms with van der Waals surface area (Å²) in [6, 6.07) is 0. The third-order valence-corrected chi connectivity index (χ3v) is 2.16. The number of hydrogen-bond acceptors (Lipinski definition) is 3. The summed E-state index contributed by atoms with van der Waals surface area (Å²) in [5, 5.41) is 2.80. The van der Waals surface area contributed by atoms with Crippen molar-refractivity contribution in [2.45, 2.75) is 31.2 Å². The zero-order valence-electron chi connectivity index (χ0n) is 7.31. The van der Waals surface area contributed by atoms with Crippen LogP contribution < -0.4 is 16.8 Å². The Balaban J connectivity index is 2.03. The number of hydrogen-bond donors (Lipinski definition) is 3. The van der Waals surface area contributed by atoms with Crippen molar-refractivity contribution in [2.75, 3.05) is 13.1 Å². The second kappa shape index (κ2) is 3.87. The van der Waals surface area contributed by atoms with E-state index in [1.54, 1.807) is 0 Å². The van der Waals surface area contributed by atoms with Gasteiger partial charge in [0.05, 0.1) is 5.54 Å². The van der Waals surface area contributed by atoms with E-state index in [0.29, 0.717) is 13.1 Å². The summed E-state index contributed by atoms with van der Waals surface area (Å²) in [6.45, 7) is 1.39. The first-order valence-electron chi connectivity index (χ1n) is 4.46. The molecular formula is C8H17N3O. The molecule has 5 N–H and O–H groups in total. The Morgan fingerprint density at radius 3 is 2.58 bits per heavy atom. The Morgan fingerprint density at radius 2 is 2.08 bits per heavy atom. The molecule has 1 fully saturated rings. The fraction of sp³-hybridized carbons (Fsp3) is 0.875. The van der Waals surface area contributed by atoms with E-state index in [4.69, 9.17) is 11.5 Å². The van der Waals surface area contributed by atoms with Gasteiger partial charge in [-0.1, -0.05) is 0 Å². The molecule has 0 aromatic carbocycles. The zero-order chi connectivity index (χ0) is 9.03. The Bertz CT molecular complexity index is 166. The van der Waals surface area contributed by atoms with Crippen molar-refractivity contribution in [1.82, 2.24) is 5.32 Å². The van der Waals surface area contributed by atoms with Crippen molar-refractivity contribution < 1.29 is 4.79 Å². The quantitative estimate of drug-likeness (QED) is 0.480. The summed E-state index contributed by atoms with van der Waals surface area (Å²) < 4.78 is 0. The summed E-state index contributed by atoms with van der Waals surface area (Å²) in [5.74, 6) is -0.000443. The molecule has 0 radical (unpaired) electrons. The monoisotopic (exact) mass is 171 g/mol. The van der Waals surface area contributed by atoms with Gasteiger partial charge in [-0.2, -0.15) is 0 Å². The van der Waals surface area contributed by atoms with Gasteiger partial charge in [0.2, 0.25) is 5.91 Å². The highest BCUT2D eigenvalue weighted by Crippen LogP contribution is 2.31. The molecule has 4 heteroatoms. The number of carbonyl (C=O) groups is 1. The van der Waals surface area contributed by atoms with Gasteiger partial charge >= 0.3 is 0 Å². The van der Waals surface area contributed by atoms with Crippen LogP contribution in [0.5, 0.6) is 0 Å². The van der Waals surface area contributed by atoms with Gasteiger partial charge in [0.1, 0.15) is 0 Å². The summed E-state index contributed by atoms with van der Waals surface area (Å²) in [5.41, 5.74) is 10.4. The van der Waals surface area contributed by atoms with Crippen LogP contribution in [0.2, 0.25) is 0 Å². The molecule has 1 rings (SSSR count). The summed E-state index contributed by atoms with van der Waals surface area (Å²) >= 11 is 0. The van der Waals surface area contributed by atoms with E-state index < -0.39 is 5.54 Å². The van der Waals surface area contributed by atoms with Crippen molar-refractivity contribution in [3.05, 3.63) is 0 Å². The van der Waals surface area contributed by atoms with Crippen LogP contribution >= 0.6 is 0 Å². The molecule has 70 valence electrons. The number of carbonyl (C=O) groups excluding carboxylic acids is 1. The molecule has 0 aliphatic heterocycles. The van der Waals surface area contributed by atoms with Gasteiger partial charge in [-0.3, -0.25) is 4.79 Å². The van der Waals surface area contributed by atoms with Crippen LogP contribution in [0.3, 0.4) is 0 Å². The highest BCUT2D eigenvalue weighted by Gasteiger charge is 2.45. The molecule has 0 bridgehead atoms. The van der Waals surface area contributed by atoms with Gasteiger partial charge in [-0.25, -0.2) is 0 Å². The van der Waals surface area contributed by atoms with Gasteiger partial charge in [0.15, 0.2) is 0 Å². The first kappa shape index (κ1) is 9.48. The Morgan fingerprint density at radius 1 is 1.42 bits per heavy atom. The van der Waals surface area contributed by atoms with Crippen molar-refractivity contribution in [2.24, 2.45) is 11.5 Å². The Kier molecular flexibility index (Phi) is 3.05. The third kappa shape index (κ3) is 2.46. The number of nitrogens with one attached hydrogen (secondary N) is 1. The molecule has 1 amide bonds. The topological polar surface area (TPSA) is 81.1 Å². The lowest BCUT2D eigenvalue weighted by Gasteiger charge is -2.08. The minimum absolute atomic E-state index is 0.000443. The Hall–Kier alpha value is -0.610. The molecule has 0 aromatic rings. The number of unbranched alkanes of at least 4 members (excludes halogenated alkanes) is 1. The van der Waals surface area contributed by atoms with Crippen molar-refractivity contribution >= 4 is 5.91 Å². The van der Waals surface area contributed by atoms with E-state index in [9.17, 15) is 4.79 Å². The van der Waals surface area contributed by atoms with Crippen LogP contribution in [0, 0.1) is 0 Å². The molecule has 1 saturated carbocycles. The molecule has 1 aliphatic rings. The fourth-order valence-electron chi connectivity index (χ4n) is 1.01. The number of amides is 1. The third-order valence-electron chi connectivity index (χ3n) is 2.16. The standard InChI is InChI=1S/C8H17N3O/c9-5-1-2-6-11-7(12)8(10)3-4-8/h1-6,9-10H2,(H,11,12). The van der Waals surface area contributed by atoms with Crippen LogP contribution in [-0.4, -0.2) is 24.5 Å². The summed E-state index contributed by atoms with van der Waals surface area (Å²) in [7, 11) is 0. The van der Waals surface area contributed by atoms with Crippen molar-refractivity contribution in [1.29, 1.82) is 0 Å². The highest BCUT2D eigenvalue weighted by atomic mass is 16.2. The predicted molar refractivity (Wildman–Crippen MR) is 47.5 cm³/mol. The molecule has 0 atom stereocenters. The van der Waals surface area contributed by atoms with E-state index in [1.165, 1.54) is 0 Å². The SMILES string of the molecule is NCCCCNC(=O)C1(N)CC1. The van der Waals surface area contributed by atoms with E-state index in [1.807, 2.05) is 0 Å². The molecular weight excluding hydrogens is 154 g/mol. The van der Waals surface area contributed by atoms with Crippen LogP contribution in [0.1, 0.15) is 25.7 Å². The summed E-state index contributed by atoms with van der Waals surface area (Å²) in [6.07, 6.45) is 3.56. The van der Waals surface area contributed by atoms with Crippen LogP contribution in [0.4, 0.5) is 0 Å². The number of rotatable bonds is 5. The lowest BCUT2D eigenvalue weighted by Crippen LogP contribution is -2.43. The van der Waals surface area contributed by atoms with Crippen LogP contribution in [0.15, 0.2) is 0 Å². The average molecular weight is 171 g/mol. The minimum atomic E-state index is -0.525. The van der Waals surface area contributed by atoms with E-state index >= 15 is 0 Å². The smallest absolute Gasteiger partial charge is 0.240 e. The molecule has 0 unspecified atom stereocenters. The largest absolute Gasteiger partial charge is 0.355 e. The van der Waals surface area contributed by atoms with E-state index in [0.717, 1.165) is 25.7 Å². The van der Waals surface area contributed by atoms with Crippen LogP contribution in [-0.2, 0) is 4.79 Å². The normalized spacial score (nSPS) is 18.8. The average Bonchev–Trinajstić information content (AvgIpc) is 2.78. The maximum Gasteiger partial charge on any atom is 0.240 e. The second-order valence-corrected chi connectivity index (χ2v) is 3.41. The van der Waals surface area contributed by atoms with Gasteiger partial charge in [-0.15, -0.1) is 0 Å². The van der Waals surface area contributed by atoms with E-state index in [-0.39, 0.29) is 5.91 Å². The maximum atomic E-state index is 11.2. The molecule has 0 aromatic heterocycles. The first-order chi connectivity index (χ1) is 5.69. The molecule has 0 spiro atoms. The van der Waals surface area contributed by atoms with Crippen LogP contribution in [0.25, 0.3) is 0 Å². The first-order valence-corrected chi connectivity index (χ1v) is 4.46. The van der Waals surface area contributed by atoms with Crippen molar-refractivity contribution in [3.63, 3.8) is 0 Å². The van der Waals surface area contributed by atoms with Crippen molar-refractivity contribution in [3.8, 4) is 0 Å².